The van der Waals surface area contributed by atoms with Gasteiger partial charge >= 0.3 is 0 Å². The first-order valence-electron chi connectivity index (χ1n) is 4.84. The first kappa shape index (κ1) is 10.4. The lowest BCUT2D eigenvalue weighted by Crippen LogP contribution is -2.48. The van der Waals surface area contributed by atoms with Crippen LogP contribution in [0.4, 0.5) is 0 Å². The van der Waals surface area contributed by atoms with Crippen molar-refractivity contribution in [1.29, 1.82) is 0 Å². The molecular formula is C10H20N2O. The molecule has 1 aliphatic rings. The minimum atomic E-state index is 0.0159. The molecule has 3 heteroatoms. The van der Waals surface area contributed by atoms with Gasteiger partial charge in [0.15, 0.2) is 0 Å². The van der Waals surface area contributed by atoms with E-state index in [-0.39, 0.29) is 11.6 Å². The van der Waals surface area contributed by atoms with Crippen molar-refractivity contribution in [2.24, 2.45) is 0 Å². The standard InChI is InChI=1S/C10H20N2O/c1-6-8-9(13)7(2)12(11-8)10(3,4)5/h8,11,13H,6H2,1-5H3. The molecule has 76 valence electrons. The Hall–Kier alpha value is -0.700. The van der Waals surface area contributed by atoms with E-state index in [0.717, 1.165) is 12.1 Å². The molecule has 0 aromatic carbocycles. The molecule has 0 bridgehead atoms. The molecule has 0 aromatic rings. The van der Waals surface area contributed by atoms with E-state index >= 15 is 0 Å². The van der Waals surface area contributed by atoms with Crippen molar-refractivity contribution < 1.29 is 5.11 Å². The highest BCUT2D eigenvalue weighted by atomic mass is 16.3. The van der Waals surface area contributed by atoms with Crippen LogP contribution in [0.5, 0.6) is 0 Å². The number of hydrogen-bond donors (Lipinski definition) is 2. The highest BCUT2D eigenvalue weighted by molar-refractivity contribution is 5.17. The van der Waals surface area contributed by atoms with Crippen molar-refractivity contribution in [3.63, 3.8) is 0 Å². The molecule has 13 heavy (non-hydrogen) atoms. The van der Waals surface area contributed by atoms with Crippen LogP contribution in [0.1, 0.15) is 41.0 Å². The third kappa shape index (κ3) is 1.80. The molecule has 0 radical (unpaired) electrons. The van der Waals surface area contributed by atoms with Crippen LogP contribution in [-0.4, -0.2) is 21.7 Å². The van der Waals surface area contributed by atoms with Crippen LogP contribution in [0.2, 0.25) is 0 Å². The van der Waals surface area contributed by atoms with Crippen molar-refractivity contribution in [3.05, 3.63) is 11.5 Å². The van der Waals surface area contributed by atoms with E-state index in [9.17, 15) is 5.11 Å². The third-order valence-electron chi connectivity index (χ3n) is 2.40. The van der Waals surface area contributed by atoms with Gasteiger partial charge in [0.05, 0.1) is 11.7 Å². The van der Waals surface area contributed by atoms with Crippen molar-refractivity contribution in [2.75, 3.05) is 0 Å². The van der Waals surface area contributed by atoms with Gasteiger partial charge in [-0.15, -0.1) is 0 Å². The fourth-order valence-corrected chi connectivity index (χ4v) is 1.66. The minimum Gasteiger partial charge on any atom is -0.509 e. The molecule has 3 nitrogen and oxygen atoms in total. The number of allylic oxidation sites excluding steroid dienone is 1. The molecule has 0 spiro atoms. The Labute approximate surface area is 80.4 Å². The summed E-state index contributed by atoms with van der Waals surface area (Å²) in [5.74, 6) is 0.484. The summed E-state index contributed by atoms with van der Waals surface area (Å²) >= 11 is 0. The highest BCUT2D eigenvalue weighted by Crippen LogP contribution is 2.26. The van der Waals surface area contributed by atoms with E-state index in [1.807, 2.05) is 11.9 Å². The Morgan fingerprint density at radius 2 is 2.00 bits per heavy atom. The molecule has 0 fully saturated rings. The van der Waals surface area contributed by atoms with Crippen molar-refractivity contribution >= 4 is 0 Å². The molecule has 0 saturated heterocycles. The van der Waals surface area contributed by atoms with Crippen LogP contribution in [0.3, 0.4) is 0 Å². The van der Waals surface area contributed by atoms with Crippen LogP contribution in [0.25, 0.3) is 0 Å². The molecular weight excluding hydrogens is 164 g/mol. The molecule has 0 aliphatic carbocycles. The average molecular weight is 184 g/mol. The third-order valence-corrected chi connectivity index (χ3v) is 2.40. The molecule has 0 aromatic heterocycles. The second-order valence-corrected chi connectivity index (χ2v) is 4.57. The summed E-state index contributed by atoms with van der Waals surface area (Å²) in [6, 6.07) is 0.0965. The predicted molar refractivity (Wildman–Crippen MR) is 54.1 cm³/mol. The molecule has 1 atom stereocenters. The van der Waals surface area contributed by atoms with Crippen LogP contribution in [0.15, 0.2) is 11.5 Å². The fourth-order valence-electron chi connectivity index (χ4n) is 1.66. The van der Waals surface area contributed by atoms with Gasteiger partial charge < -0.3 is 10.1 Å². The van der Waals surface area contributed by atoms with E-state index < -0.39 is 0 Å². The molecule has 1 rings (SSSR count). The minimum absolute atomic E-state index is 0.0159. The number of hydrogen-bond acceptors (Lipinski definition) is 3. The lowest BCUT2D eigenvalue weighted by atomic mass is 10.1. The quantitative estimate of drug-likeness (QED) is 0.655. The summed E-state index contributed by atoms with van der Waals surface area (Å²) in [6.07, 6.45) is 0.912. The fraction of sp³-hybridized carbons (Fsp3) is 0.800. The van der Waals surface area contributed by atoms with Gasteiger partial charge in [-0.3, -0.25) is 0 Å². The van der Waals surface area contributed by atoms with E-state index in [1.165, 1.54) is 0 Å². The lowest BCUT2D eigenvalue weighted by molar-refractivity contribution is 0.124. The van der Waals surface area contributed by atoms with Crippen molar-refractivity contribution in [2.45, 2.75) is 52.6 Å². The summed E-state index contributed by atoms with van der Waals surface area (Å²) in [5.41, 5.74) is 4.25. The maximum atomic E-state index is 9.77. The largest absolute Gasteiger partial charge is 0.509 e. The lowest BCUT2D eigenvalue weighted by Gasteiger charge is -2.35. The maximum absolute atomic E-state index is 9.77. The zero-order chi connectivity index (χ0) is 10.2. The molecule has 1 unspecified atom stereocenters. The van der Waals surface area contributed by atoms with E-state index in [4.69, 9.17) is 0 Å². The normalized spacial score (nSPS) is 24.4. The summed E-state index contributed by atoms with van der Waals surface area (Å²) < 4.78 is 0. The number of rotatable bonds is 1. The van der Waals surface area contributed by atoms with Gasteiger partial charge in [-0.05, 0) is 34.1 Å². The second kappa shape index (κ2) is 3.22. The van der Waals surface area contributed by atoms with E-state index in [1.54, 1.807) is 0 Å². The van der Waals surface area contributed by atoms with Crippen LogP contribution in [-0.2, 0) is 0 Å². The Balaban J connectivity index is 2.86. The SMILES string of the molecule is CCC1NN(C(C)(C)C)C(C)=C1O. The zero-order valence-electron chi connectivity index (χ0n) is 9.18. The van der Waals surface area contributed by atoms with Crippen molar-refractivity contribution in [1.82, 2.24) is 10.4 Å². The zero-order valence-corrected chi connectivity index (χ0v) is 9.18. The first-order chi connectivity index (χ1) is 5.88. The molecule has 2 N–H and O–H groups in total. The molecule has 0 saturated carbocycles. The number of aliphatic hydroxyl groups excluding tert-OH is 1. The van der Waals surface area contributed by atoms with Gasteiger partial charge in [0, 0.05) is 5.54 Å². The topological polar surface area (TPSA) is 35.5 Å². The molecule has 1 aliphatic heterocycles. The van der Waals surface area contributed by atoms with Crippen LogP contribution >= 0.6 is 0 Å². The van der Waals surface area contributed by atoms with E-state index in [2.05, 4.69) is 33.1 Å². The predicted octanol–water partition coefficient (Wildman–Crippen LogP) is 2.17. The van der Waals surface area contributed by atoms with Gasteiger partial charge in [0.1, 0.15) is 5.76 Å². The Kier molecular flexibility index (Phi) is 2.57. The Bertz CT molecular complexity index is 228. The van der Waals surface area contributed by atoms with Gasteiger partial charge in [-0.1, -0.05) is 6.92 Å². The maximum Gasteiger partial charge on any atom is 0.131 e. The monoisotopic (exact) mass is 184 g/mol. The molecule has 0 amide bonds. The van der Waals surface area contributed by atoms with Gasteiger partial charge in [-0.25, -0.2) is 5.43 Å². The highest BCUT2D eigenvalue weighted by Gasteiger charge is 2.33. The van der Waals surface area contributed by atoms with Gasteiger partial charge in [0.25, 0.3) is 0 Å². The summed E-state index contributed by atoms with van der Waals surface area (Å²) in [7, 11) is 0. The van der Waals surface area contributed by atoms with Gasteiger partial charge in [0.2, 0.25) is 0 Å². The second-order valence-electron chi connectivity index (χ2n) is 4.57. The summed E-state index contributed by atoms with van der Waals surface area (Å²) in [5, 5.41) is 11.8. The number of aliphatic hydroxyl groups is 1. The Morgan fingerprint density at radius 1 is 1.46 bits per heavy atom. The van der Waals surface area contributed by atoms with Crippen LogP contribution in [0, 0.1) is 0 Å². The Morgan fingerprint density at radius 3 is 2.23 bits per heavy atom. The number of nitrogens with one attached hydrogen (secondary N) is 1. The summed E-state index contributed by atoms with van der Waals surface area (Å²) in [4.78, 5) is 0. The van der Waals surface area contributed by atoms with Gasteiger partial charge in [-0.2, -0.15) is 0 Å². The number of nitrogens with zero attached hydrogens (tertiary/aromatic N) is 1. The van der Waals surface area contributed by atoms with Crippen molar-refractivity contribution in [3.8, 4) is 0 Å². The molecule has 1 heterocycles. The number of hydrazine groups is 1. The smallest absolute Gasteiger partial charge is 0.131 e. The van der Waals surface area contributed by atoms with Crippen LogP contribution < -0.4 is 5.43 Å². The summed E-state index contributed by atoms with van der Waals surface area (Å²) in [6.45, 7) is 10.4. The van der Waals surface area contributed by atoms with E-state index in [0.29, 0.717) is 5.76 Å². The average Bonchev–Trinajstić information content (AvgIpc) is 2.28. The first-order valence-corrected chi connectivity index (χ1v) is 4.84.